The third-order valence-corrected chi connectivity index (χ3v) is 4.74. The molecule has 0 spiro atoms. The molecule has 0 amide bonds. The van der Waals surface area contributed by atoms with Crippen LogP contribution in [0.5, 0.6) is 0 Å². The highest BCUT2D eigenvalue weighted by molar-refractivity contribution is 4.96. The van der Waals surface area contributed by atoms with Crippen molar-refractivity contribution in [2.24, 2.45) is 0 Å². The summed E-state index contributed by atoms with van der Waals surface area (Å²) in [5, 5.41) is 14.2. The van der Waals surface area contributed by atoms with E-state index in [0.29, 0.717) is 0 Å². The van der Waals surface area contributed by atoms with Gasteiger partial charge in [-0.25, -0.2) is 0 Å². The number of hydrogen-bond donors (Lipinski definition) is 2. The zero-order chi connectivity index (χ0) is 12.4. The van der Waals surface area contributed by atoms with Gasteiger partial charge < -0.3 is 15.2 Å². The summed E-state index contributed by atoms with van der Waals surface area (Å²) in [4.78, 5) is 0. The summed E-state index contributed by atoms with van der Waals surface area (Å²) >= 11 is 0. The van der Waals surface area contributed by atoms with Crippen LogP contribution in [0.1, 0.15) is 58.8 Å². The van der Waals surface area contributed by atoms with Gasteiger partial charge >= 0.3 is 0 Å². The van der Waals surface area contributed by atoms with Crippen LogP contribution in [0.4, 0.5) is 0 Å². The van der Waals surface area contributed by atoms with Crippen LogP contribution in [0.15, 0.2) is 0 Å². The fraction of sp³-hybridized carbons (Fsp3) is 1.00. The maximum absolute atomic E-state index is 10.6. The molecule has 3 heteroatoms. The molecular weight excluding hydrogens is 214 g/mol. The molecular formula is C14H27NO2. The number of aliphatic hydroxyl groups is 1. The van der Waals surface area contributed by atoms with Gasteiger partial charge in [-0.15, -0.1) is 0 Å². The zero-order valence-electron chi connectivity index (χ0n) is 11.3. The first-order valence-corrected chi connectivity index (χ1v) is 7.13. The molecule has 0 aromatic carbocycles. The van der Waals surface area contributed by atoms with E-state index in [1.165, 1.54) is 25.7 Å². The molecule has 0 bridgehead atoms. The van der Waals surface area contributed by atoms with Crippen molar-refractivity contribution >= 4 is 0 Å². The van der Waals surface area contributed by atoms with Crippen molar-refractivity contribution in [3.63, 3.8) is 0 Å². The summed E-state index contributed by atoms with van der Waals surface area (Å²) in [7, 11) is 0. The van der Waals surface area contributed by atoms with E-state index in [1.54, 1.807) is 0 Å². The Kier molecular flexibility index (Phi) is 4.11. The minimum absolute atomic E-state index is 0.0437. The molecule has 0 radical (unpaired) electrons. The Morgan fingerprint density at radius 1 is 1.18 bits per heavy atom. The standard InChI is InChI=1S/C14H27NO2/c1-12-13(2,9-10-17-12)15-11-14(16)7-5-3-4-6-8-14/h12,15-16H,3-11H2,1-2H3. The van der Waals surface area contributed by atoms with Crippen molar-refractivity contribution < 1.29 is 9.84 Å². The quantitative estimate of drug-likeness (QED) is 0.745. The van der Waals surface area contributed by atoms with Crippen molar-refractivity contribution in [1.82, 2.24) is 5.32 Å². The summed E-state index contributed by atoms with van der Waals surface area (Å²) in [6.07, 6.45) is 8.08. The first kappa shape index (κ1) is 13.3. The smallest absolute Gasteiger partial charge is 0.0771 e. The van der Waals surface area contributed by atoms with E-state index < -0.39 is 5.60 Å². The molecule has 2 fully saturated rings. The molecule has 1 heterocycles. The van der Waals surface area contributed by atoms with Crippen LogP contribution in [0.3, 0.4) is 0 Å². The molecule has 2 atom stereocenters. The van der Waals surface area contributed by atoms with Crippen LogP contribution in [0.2, 0.25) is 0 Å². The molecule has 2 aliphatic rings. The Morgan fingerprint density at radius 3 is 2.35 bits per heavy atom. The third kappa shape index (κ3) is 3.21. The predicted molar refractivity (Wildman–Crippen MR) is 69.1 cm³/mol. The molecule has 1 aliphatic heterocycles. The van der Waals surface area contributed by atoms with Gasteiger partial charge in [0.25, 0.3) is 0 Å². The van der Waals surface area contributed by atoms with Crippen molar-refractivity contribution in [3.05, 3.63) is 0 Å². The van der Waals surface area contributed by atoms with Gasteiger partial charge in [0, 0.05) is 18.7 Å². The van der Waals surface area contributed by atoms with E-state index in [1.807, 2.05) is 0 Å². The molecule has 1 aliphatic carbocycles. The van der Waals surface area contributed by atoms with E-state index in [-0.39, 0.29) is 11.6 Å². The first-order valence-electron chi connectivity index (χ1n) is 7.13. The average Bonchev–Trinajstić information content (AvgIpc) is 2.52. The molecule has 2 rings (SSSR count). The maximum atomic E-state index is 10.6. The molecule has 1 saturated heterocycles. The maximum Gasteiger partial charge on any atom is 0.0771 e. The second-order valence-corrected chi connectivity index (χ2v) is 6.17. The second kappa shape index (κ2) is 5.25. The number of nitrogens with one attached hydrogen (secondary N) is 1. The highest BCUT2D eigenvalue weighted by Gasteiger charge is 2.39. The van der Waals surface area contributed by atoms with Gasteiger partial charge in [-0.3, -0.25) is 0 Å². The molecule has 100 valence electrons. The van der Waals surface area contributed by atoms with Crippen LogP contribution in [-0.2, 0) is 4.74 Å². The van der Waals surface area contributed by atoms with Crippen molar-refractivity contribution in [2.45, 2.75) is 76.0 Å². The monoisotopic (exact) mass is 241 g/mol. The Morgan fingerprint density at radius 2 is 1.82 bits per heavy atom. The summed E-state index contributed by atoms with van der Waals surface area (Å²) in [5.74, 6) is 0. The minimum atomic E-state index is -0.484. The average molecular weight is 241 g/mol. The van der Waals surface area contributed by atoms with Crippen molar-refractivity contribution in [3.8, 4) is 0 Å². The normalized spacial score (nSPS) is 37.9. The van der Waals surface area contributed by atoms with Gasteiger partial charge in [0.05, 0.1) is 11.7 Å². The van der Waals surface area contributed by atoms with E-state index in [9.17, 15) is 5.11 Å². The lowest BCUT2D eigenvalue weighted by atomic mass is 9.90. The fourth-order valence-corrected chi connectivity index (χ4v) is 3.00. The van der Waals surface area contributed by atoms with Gasteiger partial charge in [-0.1, -0.05) is 25.7 Å². The number of hydrogen-bond acceptors (Lipinski definition) is 3. The largest absolute Gasteiger partial charge is 0.389 e. The van der Waals surface area contributed by atoms with E-state index >= 15 is 0 Å². The molecule has 3 nitrogen and oxygen atoms in total. The lowest BCUT2D eigenvalue weighted by Gasteiger charge is -2.35. The molecule has 17 heavy (non-hydrogen) atoms. The van der Waals surface area contributed by atoms with Gasteiger partial charge in [0.1, 0.15) is 0 Å². The summed E-state index contributed by atoms with van der Waals surface area (Å²) in [6.45, 7) is 5.89. The molecule has 2 unspecified atom stereocenters. The zero-order valence-corrected chi connectivity index (χ0v) is 11.3. The molecule has 1 saturated carbocycles. The third-order valence-electron chi connectivity index (χ3n) is 4.74. The molecule has 2 N–H and O–H groups in total. The first-order chi connectivity index (χ1) is 8.04. The van der Waals surface area contributed by atoms with Crippen LogP contribution in [-0.4, -0.2) is 35.5 Å². The Balaban J connectivity index is 1.87. The minimum Gasteiger partial charge on any atom is -0.389 e. The topological polar surface area (TPSA) is 41.5 Å². The lowest BCUT2D eigenvalue weighted by Crippen LogP contribution is -2.53. The Hall–Kier alpha value is -0.120. The van der Waals surface area contributed by atoms with Gasteiger partial charge in [-0.2, -0.15) is 0 Å². The van der Waals surface area contributed by atoms with Crippen LogP contribution in [0, 0.1) is 0 Å². The number of rotatable bonds is 3. The van der Waals surface area contributed by atoms with Crippen LogP contribution < -0.4 is 5.32 Å². The fourth-order valence-electron chi connectivity index (χ4n) is 3.00. The van der Waals surface area contributed by atoms with Crippen LogP contribution >= 0.6 is 0 Å². The number of β-amino-alcohol motifs (C(OH)–C–C–N with tert-alkyl or cyclic N) is 1. The van der Waals surface area contributed by atoms with Gasteiger partial charge in [-0.05, 0) is 33.1 Å². The number of ether oxygens (including phenoxy) is 1. The molecule has 0 aromatic heterocycles. The second-order valence-electron chi connectivity index (χ2n) is 6.17. The summed E-state index contributed by atoms with van der Waals surface area (Å²) in [6, 6.07) is 0. The Bertz CT molecular complexity index is 249. The summed E-state index contributed by atoms with van der Waals surface area (Å²) in [5.41, 5.74) is -0.441. The van der Waals surface area contributed by atoms with E-state index in [4.69, 9.17) is 4.74 Å². The highest BCUT2D eigenvalue weighted by Crippen LogP contribution is 2.29. The van der Waals surface area contributed by atoms with Crippen LogP contribution in [0.25, 0.3) is 0 Å². The van der Waals surface area contributed by atoms with E-state index in [0.717, 1.165) is 32.4 Å². The predicted octanol–water partition coefficient (Wildman–Crippen LogP) is 2.23. The Labute approximate surface area is 105 Å². The van der Waals surface area contributed by atoms with Crippen molar-refractivity contribution in [1.29, 1.82) is 0 Å². The summed E-state index contributed by atoms with van der Waals surface area (Å²) < 4.78 is 5.62. The lowest BCUT2D eigenvalue weighted by molar-refractivity contribution is 0.0109. The highest BCUT2D eigenvalue weighted by atomic mass is 16.5. The van der Waals surface area contributed by atoms with Gasteiger partial charge in [0.2, 0.25) is 0 Å². The van der Waals surface area contributed by atoms with E-state index in [2.05, 4.69) is 19.2 Å². The SMILES string of the molecule is CC1OCCC1(C)NCC1(O)CCCCCC1. The molecule has 0 aromatic rings. The van der Waals surface area contributed by atoms with Gasteiger partial charge in [0.15, 0.2) is 0 Å². The van der Waals surface area contributed by atoms with Crippen molar-refractivity contribution in [2.75, 3.05) is 13.2 Å².